The summed E-state index contributed by atoms with van der Waals surface area (Å²) in [5, 5.41) is 0. The van der Waals surface area contributed by atoms with Crippen molar-refractivity contribution in [1.29, 1.82) is 0 Å². The Labute approximate surface area is 414 Å². The lowest BCUT2D eigenvalue weighted by molar-refractivity contribution is -0.167. The van der Waals surface area contributed by atoms with Crippen molar-refractivity contribution >= 4 is 17.9 Å². The minimum Gasteiger partial charge on any atom is -0.462 e. The fraction of sp³-hybridized carbons (Fsp3) is 0.754. The zero-order valence-corrected chi connectivity index (χ0v) is 44.2. The predicted molar refractivity (Wildman–Crippen MR) is 288 cm³/mol. The van der Waals surface area contributed by atoms with E-state index in [0.717, 1.165) is 109 Å². The molecule has 386 valence electrons. The smallest absolute Gasteiger partial charge is 0.306 e. The molecule has 6 nitrogen and oxygen atoms in total. The summed E-state index contributed by atoms with van der Waals surface area (Å²) in [5.41, 5.74) is 0. The van der Waals surface area contributed by atoms with Gasteiger partial charge in [-0.15, -0.1) is 0 Å². The highest BCUT2D eigenvalue weighted by atomic mass is 16.6. The highest BCUT2D eigenvalue weighted by Gasteiger charge is 2.19. The number of rotatable bonds is 51. The fourth-order valence-corrected chi connectivity index (χ4v) is 7.93. The van der Waals surface area contributed by atoms with E-state index in [-0.39, 0.29) is 31.1 Å². The van der Waals surface area contributed by atoms with E-state index in [1.165, 1.54) is 128 Å². The zero-order chi connectivity index (χ0) is 48.6. The van der Waals surface area contributed by atoms with Crippen LogP contribution in [0.2, 0.25) is 0 Å². The van der Waals surface area contributed by atoms with Crippen LogP contribution in [0.5, 0.6) is 0 Å². The summed E-state index contributed by atoms with van der Waals surface area (Å²) in [6.45, 7) is 6.51. The molecule has 0 aliphatic rings. The van der Waals surface area contributed by atoms with E-state index in [1.54, 1.807) is 0 Å². The van der Waals surface area contributed by atoms with Gasteiger partial charge in [-0.1, -0.05) is 241 Å². The van der Waals surface area contributed by atoms with Gasteiger partial charge in [-0.25, -0.2) is 0 Å². The molecule has 0 N–H and O–H groups in total. The number of ether oxygens (including phenoxy) is 3. The molecular weight excluding hydrogens is 829 g/mol. The molecule has 0 saturated carbocycles. The molecule has 0 radical (unpaired) electrons. The second kappa shape index (κ2) is 55.4. The molecule has 0 heterocycles. The minimum atomic E-state index is -0.792. The zero-order valence-electron chi connectivity index (χ0n) is 44.2. The highest BCUT2D eigenvalue weighted by Crippen LogP contribution is 2.15. The van der Waals surface area contributed by atoms with E-state index in [9.17, 15) is 14.4 Å². The number of carbonyl (C=O) groups is 3. The van der Waals surface area contributed by atoms with Crippen molar-refractivity contribution in [2.45, 2.75) is 284 Å². The summed E-state index contributed by atoms with van der Waals surface area (Å²) >= 11 is 0. The van der Waals surface area contributed by atoms with Crippen molar-refractivity contribution in [2.75, 3.05) is 13.2 Å². The maximum atomic E-state index is 12.8. The Balaban J connectivity index is 4.42. The van der Waals surface area contributed by atoms with Gasteiger partial charge < -0.3 is 14.2 Å². The summed E-state index contributed by atoms with van der Waals surface area (Å²) in [6.07, 6.45) is 70.3. The van der Waals surface area contributed by atoms with Crippen LogP contribution in [0.15, 0.2) is 72.9 Å². The van der Waals surface area contributed by atoms with E-state index in [0.29, 0.717) is 19.3 Å². The molecule has 0 fully saturated rings. The first-order valence-electron chi connectivity index (χ1n) is 28.4. The van der Waals surface area contributed by atoms with Crippen molar-refractivity contribution in [2.24, 2.45) is 0 Å². The van der Waals surface area contributed by atoms with Crippen molar-refractivity contribution in [1.82, 2.24) is 0 Å². The average molecular weight is 936 g/mol. The van der Waals surface area contributed by atoms with Crippen molar-refractivity contribution in [3.05, 3.63) is 72.9 Å². The van der Waals surface area contributed by atoms with Crippen LogP contribution in [0, 0.1) is 0 Å². The molecule has 0 amide bonds. The van der Waals surface area contributed by atoms with Crippen LogP contribution in [-0.4, -0.2) is 37.2 Å². The molecule has 0 bridgehead atoms. The number of esters is 3. The van der Waals surface area contributed by atoms with Crippen LogP contribution in [0.1, 0.15) is 278 Å². The first-order valence-corrected chi connectivity index (χ1v) is 28.4. The molecule has 0 saturated heterocycles. The molecule has 0 aliphatic carbocycles. The molecule has 0 aromatic heterocycles. The van der Waals surface area contributed by atoms with Gasteiger partial charge in [0.1, 0.15) is 13.2 Å². The van der Waals surface area contributed by atoms with Crippen LogP contribution in [0.4, 0.5) is 0 Å². The lowest BCUT2D eigenvalue weighted by atomic mass is 10.0. The minimum absolute atomic E-state index is 0.0873. The van der Waals surface area contributed by atoms with Gasteiger partial charge in [0.25, 0.3) is 0 Å². The van der Waals surface area contributed by atoms with Gasteiger partial charge in [0.2, 0.25) is 0 Å². The van der Waals surface area contributed by atoms with Crippen molar-refractivity contribution in [3.63, 3.8) is 0 Å². The van der Waals surface area contributed by atoms with Crippen molar-refractivity contribution < 1.29 is 28.6 Å². The topological polar surface area (TPSA) is 78.9 Å². The first kappa shape index (κ1) is 63.8. The Kier molecular flexibility index (Phi) is 52.8. The monoisotopic (exact) mass is 935 g/mol. The first-order chi connectivity index (χ1) is 33.0. The summed E-state index contributed by atoms with van der Waals surface area (Å²) < 4.78 is 16.8. The Morgan fingerprint density at radius 3 is 0.940 bits per heavy atom. The molecule has 0 spiro atoms. The normalized spacial score (nSPS) is 12.6. The highest BCUT2D eigenvalue weighted by molar-refractivity contribution is 5.71. The van der Waals surface area contributed by atoms with Crippen molar-refractivity contribution in [3.8, 4) is 0 Å². The van der Waals surface area contributed by atoms with E-state index in [2.05, 4.69) is 93.7 Å². The summed E-state index contributed by atoms with van der Waals surface area (Å²) in [5.74, 6) is -0.921. The summed E-state index contributed by atoms with van der Waals surface area (Å²) in [7, 11) is 0. The Morgan fingerprint density at radius 2 is 0.582 bits per heavy atom. The van der Waals surface area contributed by atoms with Gasteiger partial charge in [0, 0.05) is 19.3 Å². The molecule has 0 aromatic carbocycles. The Hall–Kier alpha value is -3.15. The van der Waals surface area contributed by atoms with Crippen LogP contribution < -0.4 is 0 Å². The summed E-state index contributed by atoms with van der Waals surface area (Å²) in [4.78, 5) is 38.1. The van der Waals surface area contributed by atoms with E-state index in [4.69, 9.17) is 14.2 Å². The molecule has 1 atom stereocenters. The number of allylic oxidation sites excluding steroid dienone is 12. The number of hydrogen-bond donors (Lipinski definition) is 0. The molecule has 0 aliphatic heterocycles. The molecule has 67 heavy (non-hydrogen) atoms. The van der Waals surface area contributed by atoms with Gasteiger partial charge in [-0.05, 0) is 89.9 Å². The third kappa shape index (κ3) is 53.7. The van der Waals surface area contributed by atoms with Gasteiger partial charge in [0.05, 0.1) is 0 Å². The second-order valence-corrected chi connectivity index (χ2v) is 18.8. The maximum Gasteiger partial charge on any atom is 0.306 e. The van der Waals surface area contributed by atoms with E-state index >= 15 is 0 Å². The van der Waals surface area contributed by atoms with Crippen LogP contribution >= 0.6 is 0 Å². The van der Waals surface area contributed by atoms with Crippen LogP contribution in [0.25, 0.3) is 0 Å². The molecule has 0 aromatic rings. The van der Waals surface area contributed by atoms with Crippen LogP contribution in [-0.2, 0) is 28.6 Å². The van der Waals surface area contributed by atoms with E-state index in [1.807, 2.05) is 0 Å². The molecule has 0 rings (SSSR count). The van der Waals surface area contributed by atoms with Crippen LogP contribution in [0.3, 0.4) is 0 Å². The molecular formula is C61H106O6. The van der Waals surface area contributed by atoms with Gasteiger partial charge in [-0.2, -0.15) is 0 Å². The average Bonchev–Trinajstić information content (AvgIpc) is 3.33. The predicted octanol–water partition coefficient (Wildman–Crippen LogP) is 19.0. The number of unbranched alkanes of at least 4 members (excludes halogenated alkanes) is 28. The third-order valence-corrected chi connectivity index (χ3v) is 12.2. The maximum absolute atomic E-state index is 12.8. The SMILES string of the molecule is CC/C=C\C/C=C\C/C=C\C/C=C\C/C=C\CCCCCC(=O)OCC(COC(=O)CCCCCCCCCCCCCC)OC(=O)CCCCCCC/C=C\CCCCCCCCCCC. The quantitative estimate of drug-likeness (QED) is 0.0262. The lowest BCUT2D eigenvalue weighted by Gasteiger charge is -2.18. The number of carbonyl (C=O) groups excluding carboxylic acids is 3. The molecule has 1 unspecified atom stereocenters. The molecule has 6 heteroatoms. The Morgan fingerprint density at radius 1 is 0.313 bits per heavy atom. The Bertz CT molecular complexity index is 1260. The summed E-state index contributed by atoms with van der Waals surface area (Å²) in [6, 6.07) is 0. The number of hydrogen-bond acceptors (Lipinski definition) is 6. The van der Waals surface area contributed by atoms with Gasteiger partial charge in [0.15, 0.2) is 6.10 Å². The second-order valence-electron chi connectivity index (χ2n) is 18.8. The third-order valence-electron chi connectivity index (χ3n) is 12.2. The lowest BCUT2D eigenvalue weighted by Crippen LogP contribution is -2.30. The largest absolute Gasteiger partial charge is 0.462 e. The van der Waals surface area contributed by atoms with Gasteiger partial charge >= 0.3 is 17.9 Å². The standard InChI is InChI=1S/C61H106O6/c1-4-7-10-13-16-19-22-25-27-29-31-33-34-36-39-42-45-48-51-54-60(63)66-57-58(56-65-59(62)53-50-47-44-41-38-24-21-18-15-12-9-6-3)67-61(64)55-52-49-46-43-40-37-35-32-30-28-26-23-20-17-14-11-8-5-2/h7,10,16,19,25,27,31-33,35-36,39,58H,4-6,8-9,11-15,17-18,20-24,26,28-30,34,37-38,40-57H2,1-3H3/b10-7-,19-16-,27-25-,33-31-,35-32-,39-36-. The van der Waals surface area contributed by atoms with E-state index < -0.39 is 6.10 Å². The fourth-order valence-electron chi connectivity index (χ4n) is 7.93. The van der Waals surface area contributed by atoms with Gasteiger partial charge in [-0.3, -0.25) is 14.4 Å².